The van der Waals surface area contributed by atoms with Crippen LogP contribution in [-0.4, -0.2) is 12.1 Å². The first kappa shape index (κ1) is 5.69. The van der Waals surface area contributed by atoms with Crippen molar-refractivity contribution in [2.45, 2.75) is 37.7 Å². The van der Waals surface area contributed by atoms with Gasteiger partial charge in [0.05, 0.1) is 5.60 Å². The van der Waals surface area contributed by atoms with Crippen molar-refractivity contribution in [3.05, 3.63) is 0 Å². The Balaban J connectivity index is 1.93. The summed E-state index contributed by atoms with van der Waals surface area (Å²) in [6.07, 6.45) is 6.49. The molecule has 1 saturated heterocycles. The summed E-state index contributed by atoms with van der Waals surface area (Å²) in [5.41, 5.74) is 3.27. The Hall–Kier alpha value is -0.0800. The van der Waals surface area contributed by atoms with Gasteiger partial charge in [-0.1, -0.05) is 0 Å². The lowest BCUT2D eigenvalue weighted by molar-refractivity contribution is -0.175. The molecule has 2 aliphatic rings. The van der Waals surface area contributed by atoms with Gasteiger partial charge in [0.15, 0.2) is 0 Å². The third kappa shape index (κ3) is 0.864. The zero-order chi connectivity index (χ0) is 6.16. The van der Waals surface area contributed by atoms with Gasteiger partial charge in [-0.05, 0) is 32.1 Å². The van der Waals surface area contributed by atoms with Crippen molar-refractivity contribution < 1.29 is 4.84 Å². The maximum absolute atomic E-state index is 5.45. The number of rotatable bonds is 0. The van der Waals surface area contributed by atoms with Gasteiger partial charge < -0.3 is 0 Å². The summed E-state index contributed by atoms with van der Waals surface area (Å²) in [6.45, 7) is 1.04. The number of hydrogen-bond acceptors (Lipinski definition) is 2. The molecule has 1 aliphatic heterocycles. The van der Waals surface area contributed by atoms with E-state index in [1.54, 1.807) is 0 Å². The van der Waals surface area contributed by atoms with Gasteiger partial charge in [-0.2, -0.15) is 0 Å². The normalized spacial score (nSPS) is 32.0. The van der Waals surface area contributed by atoms with Crippen LogP contribution in [0, 0.1) is 0 Å². The lowest BCUT2D eigenvalue weighted by atomic mass is 9.76. The van der Waals surface area contributed by atoms with Crippen LogP contribution >= 0.6 is 0 Å². The maximum atomic E-state index is 5.45. The third-order valence-corrected chi connectivity index (χ3v) is 2.46. The van der Waals surface area contributed by atoms with Crippen LogP contribution < -0.4 is 5.48 Å². The van der Waals surface area contributed by atoms with E-state index in [-0.39, 0.29) is 5.60 Å². The van der Waals surface area contributed by atoms with Crippen LogP contribution in [0.5, 0.6) is 0 Å². The second-order valence-electron chi connectivity index (χ2n) is 3.14. The molecule has 1 aliphatic carbocycles. The predicted molar refractivity (Wildman–Crippen MR) is 34.9 cm³/mol. The molecule has 1 spiro atoms. The van der Waals surface area contributed by atoms with E-state index in [0.717, 1.165) is 6.54 Å². The molecule has 2 rings (SSSR count). The Kier molecular flexibility index (Phi) is 1.24. The van der Waals surface area contributed by atoms with Crippen molar-refractivity contribution >= 4 is 0 Å². The third-order valence-electron chi connectivity index (χ3n) is 2.46. The molecule has 0 aromatic carbocycles. The van der Waals surface area contributed by atoms with Crippen molar-refractivity contribution in [3.63, 3.8) is 0 Å². The van der Waals surface area contributed by atoms with Crippen molar-refractivity contribution in [1.82, 2.24) is 5.48 Å². The molecule has 2 heteroatoms. The first-order chi connectivity index (χ1) is 4.41. The molecule has 9 heavy (non-hydrogen) atoms. The van der Waals surface area contributed by atoms with E-state index < -0.39 is 0 Å². The molecule has 0 unspecified atom stereocenters. The molecule has 2 fully saturated rings. The first-order valence-corrected chi connectivity index (χ1v) is 3.82. The molecule has 2 nitrogen and oxygen atoms in total. The predicted octanol–water partition coefficient (Wildman–Crippen LogP) is 1.22. The van der Waals surface area contributed by atoms with E-state index >= 15 is 0 Å². The maximum Gasteiger partial charge on any atom is 0.0897 e. The molecule has 0 atom stereocenters. The van der Waals surface area contributed by atoms with Crippen molar-refractivity contribution in [2.75, 3.05) is 6.54 Å². The van der Waals surface area contributed by atoms with Crippen LogP contribution in [0.4, 0.5) is 0 Å². The molecule has 1 saturated carbocycles. The molecule has 52 valence electrons. The van der Waals surface area contributed by atoms with Crippen LogP contribution in [0.1, 0.15) is 32.1 Å². The fraction of sp³-hybridized carbons (Fsp3) is 1.00. The summed E-state index contributed by atoms with van der Waals surface area (Å²) in [7, 11) is 0. The molecule has 0 radical (unpaired) electrons. The van der Waals surface area contributed by atoms with E-state index in [9.17, 15) is 0 Å². The van der Waals surface area contributed by atoms with E-state index in [1.165, 1.54) is 32.1 Å². The second-order valence-corrected chi connectivity index (χ2v) is 3.14. The zero-order valence-corrected chi connectivity index (χ0v) is 5.65. The summed E-state index contributed by atoms with van der Waals surface area (Å²) in [4.78, 5) is 5.45. The molecule has 1 heterocycles. The topological polar surface area (TPSA) is 21.3 Å². The quantitative estimate of drug-likeness (QED) is 0.528. The molecule has 0 amide bonds. The summed E-state index contributed by atoms with van der Waals surface area (Å²) in [5.74, 6) is 0. The summed E-state index contributed by atoms with van der Waals surface area (Å²) in [6, 6.07) is 0. The summed E-state index contributed by atoms with van der Waals surface area (Å²) >= 11 is 0. The van der Waals surface area contributed by atoms with Gasteiger partial charge in [-0.3, -0.25) is 4.84 Å². The first-order valence-electron chi connectivity index (χ1n) is 3.82. The van der Waals surface area contributed by atoms with Gasteiger partial charge >= 0.3 is 0 Å². The van der Waals surface area contributed by atoms with Gasteiger partial charge in [0.25, 0.3) is 0 Å². The fourth-order valence-electron chi connectivity index (χ4n) is 1.66. The van der Waals surface area contributed by atoms with Crippen LogP contribution in [0.2, 0.25) is 0 Å². The summed E-state index contributed by atoms with van der Waals surface area (Å²) in [5, 5.41) is 0. The monoisotopic (exact) mass is 127 g/mol. The molecule has 1 N–H and O–H groups in total. The van der Waals surface area contributed by atoms with Crippen molar-refractivity contribution in [3.8, 4) is 0 Å². The minimum absolute atomic E-state index is 0.290. The van der Waals surface area contributed by atoms with Gasteiger partial charge in [-0.25, -0.2) is 5.48 Å². The van der Waals surface area contributed by atoms with E-state index in [2.05, 4.69) is 5.48 Å². The lowest BCUT2D eigenvalue weighted by Gasteiger charge is -2.43. The van der Waals surface area contributed by atoms with Crippen LogP contribution in [-0.2, 0) is 4.84 Å². The minimum Gasteiger partial charge on any atom is -0.295 e. The van der Waals surface area contributed by atoms with Crippen LogP contribution in [0.15, 0.2) is 0 Å². The molecular formula is C7H13NO. The Morgan fingerprint density at radius 1 is 1.11 bits per heavy atom. The lowest BCUT2D eigenvalue weighted by Crippen LogP contribution is -2.48. The highest BCUT2D eigenvalue weighted by atomic mass is 16.7. The van der Waals surface area contributed by atoms with E-state index in [0.29, 0.717) is 0 Å². The number of hydroxylamine groups is 1. The van der Waals surface area contributed by atoms with Gasteiger partial charge in [0.2, 0.25) is 0 Å². The smallest absolute Gasteiger partial charge is 0.0897 e. The molecular weight excluding hydrogens is 114 g/mol. The zero-order valence-electron chi connectivity index (χ0n) is 5.65. The highest BCUT2D eigenvalue weighted by Crippen LogP contribution is 2.39. The number of nitrogens with one attached hydrogen (secondary N) is 1. The largest absolute Gasteiger partial charge is 0.295 e. The standard InChI is InChI=1S/C7H13NO/c1-3-7(4-1)5-2-6-8-9-7/h8H,1-6H2. The van der Waals surface area contributed by atoms with Crippen molar-refractivity contribution in [1.29, 1.82) is 0 Å². The van der Waals surface area contributed by atoms with Crippen LogP contribution in [0.25, 0.3) is 0 Å². The summed E-state index contributed by atoms with van der Waals surface area (Å²) < 4.78 is 0. The Morgan fingerprint density at radius 2 is 1.89 bits per heavy atom. The van der Waals surface area contributed by atoms with E-state index in [1.807, 2.05) is 0 Å². The van der Waals surface area contributed by atoms with Gasteiger partial charge in [0.1, 0.15) is 0 Å². The minimum atomic E-state index is 0.290. The molecule has 0 aromatic heterocycles. The van der Waals surface area contributed by atoms with Gasteiger partial charge in [0, 0.05) is 6.54 Å². The van der Waals surface area contributed by atoms with E-state index in [4.69, 9.17) is 4.84 Å². The Morgan fingerprint density at radius 3 is 2.22 bits per heavy atom. The highest BCUT2D eigenvalue weighted by Gasteiger charge is 2.39. The Bertz CT molecular complexity index is 101. The Labute approximate surface area is 55.5 Å². The average Bonchev–Trinajstić information content (AvgIpc) is 1.87. The highest BCUT2D eigenvalue weighted by molar-refractivity contribution is 4.90. The van der Waals surface area contributed by atoms with Gasteiger partial charge in [-0.15, -0.1) is 0 Å². The molecule has 0 aromatic rings. The van der Waals surface area contributed by atoms with Crippen LogP contribution in [0.3, 0.4) is 0 Å². The average molecular weight is 127 g/mol. The molecule has 0 bridgehead atoms. The number of hydrogen-bond donors (Lipinski definition) is 1. The fourth-order valence-corrected chi connectivity index (χ4v) is 1.66. The second kappa shape index (κ2) is 1.96. The SMILES string of the molecule is C1CNOC2(C1)CCC2. The van der Waals surface area contributed by atoms with Crippen molar-refractivity contribution in [2.24, 2.45) is 0 Å².